The summed E-state index contributed by atoms with van der Waals surface area (Å²) >= 11 is 12.0. The van der Waals surface area contributed by atoms with Gasteiger partial charge in [-0.3, -0.25) is 4.79 Å². The summed E-state index contributed by atoms with van der Waals surface area (Å²) in [5.41, 5.74) is 2.80. The van der Waals surface area contributed by atoms with E-state index in [2.05, 4.69) is 15.3 Å². The fourth-order valence-corrected chi connectivity index (χ4v) is 3.04. The van der Waals surface area contributed by atoms with Crippen LogP contribution in [0.15, 0.2) is 73.1 Å². The number of nitrogens with zero attached hydrogens (tertiary/aromatic N) is 2. The first-order valence-corrected chi connectivity index (χ1v) is 8.93. The molecule has 0 bridgehead atoms. The average molecular weight is 394 g/mol. The number of fused-ring (bicyclic) bond motifs is 1. The molecule has 3 aromatic carbocycles. The monoisotopic (exact) mass is 393 g/mol. The van der Waals surface area contributed by atoms with Crippen LogP contribution < -0.4 is 5.32 Å². The Labute approximate surface area is 165 Å². The zero-order valence-electron chi connectivity index (χ0n) is 14.0. The van der Waals surface area contributed by atoms with Gasteiger partial charge in [0.15, 0.2) is 5.78 Å². The van der Waals surface area contributed by atoms with E-state index in [9.17, 15) is 4.79 Å². The molecule has 27 heavy (non-hydrogen) atoms. The molecule has 0 aliphatic heterocycles. The predicted molar refractivity (Wildman–Crippen MR) is 109 cm³/mol. The average Bonchev–Trinajstić information content (AvgIpc) is 2.69. The first-order valence-electron chi connectivity index (χ1n) is 8.18. The summed E-state index contributed by atoms with van der Waals surface area (Å²) in [6, 6.07) is 19.5. The van der Waals surface area contributed by atoms with Crippen molar-refractivity contribution in [3.63, 3.8) is 0 Å². The Morgan fingerprint density at radius 1 is 0.778 bits per heavy atom. The zero-order chi connectivity index (χ0) is 18.8. The van der Waals surface area contributed by atoms with Gasteiger partial charge in [0, 0.05) is 32.2 Å². The molecule has 0 spiro atoms. The van der Waals surface area contributed by atoms with Crippen LogP contribution in [0.2, 0.25) is 10.0 Å². The van der Waals surface area contributed by atoms with Crippen molar-refractivity contribution in [2.45, 2.75) is 0 Å². The second kappa shape index (κ2) is 7.35. The molecule has 4 nitrogen and oxygen atoms in total. The second-order valence-corrected chi connectivity index (χ2v) is 6.79. The Morgan fingerprint density at radius 2 is 1.41 bits per heavy atom. The molecule has 6 heteroatoms. The van der Waals surface area contributed by atoms with Crippen molar-refractivity contribution in [1.29, 1.82) is 0 Å². The zero-order valence-corrected chi connectivity index (χ0v) is 15.5. The van der Waals surface area contributed by atoms with Crippen molar-refractivity contribution in [1.82, 2.24) is 9.97 Å². The number of nitrogens with one attached hydrogen (secondary N) is 1. The van der Waals surface area contributed by atoms with Crippen LogP contribution in [0.25, 0.3) is 10.9 Å². The molecule has 1 heterocycles. The Morgan fingerprint density at radius 3 is 2.11 bits per heavy atom. The van der Waals surface area contributed by atoms with Gasteiger partial charge >= 0.3 is 0 Å². The van der Waals surface area contributed by atoms with Gasteiger partial charge in [0.2, 0.25) is 0 Å². The maximum Gasteiger partial charge on any atom is 0.193 e. The maximum absolute atomic E-state index is 12.5. The minimum Gasteiger partial charge on any atom is -0.340 e. The summed E-state index contributed by atoms with van der Waals surface area (Å²) < 4.78 is 0. The number of rotatable bonds is 4. The van der Waals surface area contributed by atoms with Gasteiger partial charge in [0.1, 0.15) is 12.1 Å². The van der Waals surface area contributed by atoms with Gasteiger partial charge in [0.25, 0.3) is 0 Å². The van der Waals surface area contributed by atoms with Crippen LogP contribution in [0.5, 0.6) is 0 Å². The van der Waals surface area contributed by atoms with Crippen molar-refractivity contribution in [2.24, 2.45) is 0 Å². The molecule has 0 aliphatic carbocycles. The highest BCUT2D eigenvalue weighted by atomic mass is 35.5. The van der Waals surface area contributed by atoms with E-state index >= 15 is 0 Å². The number of benzene rings is 3. The molecule has 0 aliphatic rings. The minimum absolute atomic E-state index is 0.0579. The third kappa shape index (κ3) is 3.77. The second-order valence-electron chi connectivity index (χ2n) is 5.92. The molecule has 4 aromatic rings. The lowest BCUT2D eigenvalue weighted by Crippen LogP contribution is -2.01. The molecular weight excluding hydrogens is 381 g/mol. The summed E-state index contributed by atoms with van der Waals surface area (Å²) in [7, 11) is 0. The fraction of sp³-hybridized carbons (Fsp3) is 0. The number of anilines is 2. The SMILES string of the molecule is O=C(c1ccc(Cl)cc1)c1ccc(Nc2ncnc3ccc(Cl)cc23)cc1. The highest BCUT2D eigenvalue weighted by Gasteiger charge is 2.10. The van der Waals surface area contributed by atoms with Crippen molar-refractivity contribution >= 4 is 51.4 Å². The van der Waals surface area contributed by atoms with E-state index < -0.39 is 0 Å². The van der Waals surface area contributed by atoms with Gasteiger partial charge in [0.05, 0.1) is 5.52 Å². The van der Waals surface area contributed by atoms with Crippen LogP contribution in [-0.2, 0) is 0 Å². The van der Waals surface area contributed by atoms with Crippen LogP contribution in [0.3, 0.4) is 0 Å². The van der Waals surface area contributed by atoms with Crippen LogP contribution in [0, 0.1) is 0 Å². The van der Waals surface area contributed by atoms with Crippen molar-refractivity contribution < 1.29 is 4.79 Å². The van der Waals surface area contributed by atoms with Crippen LogP contribution in [-0.4, -0.2) is 15.8 Å². The lowest BCUT2D eigenvalue weighted by atomic mass is 10.0. The third-order valence-electron chi connectivity index (χ3n) is 4.11. The third-order valence-corrected chi connectivity index (χ3v) is 4.60. The molecule has 0 fully saturated rings. The molecule has 0 radical (unpaired) electrons. The minimum atomic E-state index is -0.0579. The van der Waals surface area contributed by atoms with E-state index in [-0.39, 0.29) is 5.78 Å². The largest absolute Gasteiger partial charge is 0.340 e. The summed E-state index contributed by atoms with van der Waals surface area (Å²) in [5.74, 6) is 0.594. The number of ketones is 1. The van der Waals surface area contributed by atoms with E-state index in [0.717, 1.165) is 16.6 Å². The molecule has 1 aromatic heterocycles. The van der Waals surface area contributed by atoms with Crippen LogP contribution in [0.4, 0.5) is 11.5 Å². The van der Waals surface area contributed by atoms with Gasteiger partial charge in [-0.05, 0) is 66.7 Å². The molecule has 0 amide bonds. The van der Waals surface area contributed by atoms with Gasteiger partial charge in [-0.1, -0.05) is 23.2 Å². The normalized spacial score (nSPS) is 10.7. The number of hydrogen-bond donors (Lipinski definition) is 1. The van der Waals surface area contributed by atoms with Gasteiger partial charge in [-0.15, -0.1) is 0 Å². The molecular formula is C21H13Cl2N3O. The first-order chi connectivity index (χ1) is 13.1. The van der Waals surface area contributed by atoms with Crippen molar-refractivity contribution in [3.8, 4) is 0 Å². The molecule has 132 valence electrons. The summed E-state index contributed by atoms with van der Waals surface area (Å²) in [4.78, 5) is 21.1. The standard InChI is InChI=1S/C21H13Cl2N3O/c22-15-5-1-13(2-6-15)20(27)14-3-8-17(9-4-14)26-21-18-11-16(23)7-10-19(18)24-12-25-21/h1-12H,(H,24,25,26). The number of carbonyl (C=O) groups is 1. The van der Waals surface area contributed by atoms with E-state index in [1.165, 1.54) is 6.33 Å². The molecule has 0 unspecified atom stereocenters. The summed E-state index contributed by atoms with van der Waals surface area (Å²) in [5, 5.41) is 5.29. The quantitative estimate of drug-likeness (QED) is 0.437. The van der Waals surface area contributed by atoms with E-state index in [4.69, 9.17) is 23.2 Å². The van der Waals surface area contributed by atoms with Gasteiger partial charge in [-0.2, -0.15) is 0 Å². The van der Waals surface area contributed by atoms with Crippen molar-refractivity contribution in [2.75, 3.05) is 5.32 Å². The number of halogens is 2. The van der Waals surface area contributed by atoms with Crippen molar-refractivity contribution in [3.05, 3.63) is 94.2 Å². The van der Waals surface area contributed by atoms with E-state index in [1.807, 2.05) is 24.3 Å². The van der Waals surface area contributed by atoms with E-state index in [1.54, 1.807) is 42.5 Å². The molecule has 1 N–H and O–H groups in total. The molecule has 0 saturated heterocycles. The topological polar surface area (TPSA) is 54.9 Å². The maximum atomic E-state index is 12.5. The smallest absolute Gasteiger partial charge is 0.193 e. The molecule has 0 saturated carbocycles. The number of hydrogen-bond acceptors (Lipinski definition) is 4. The van der Waals surface area contributed by atoms with Crippen LogP contribution >= 0.6 is 23.2 Å². The Bertz CT molecular complexity index is 1130. The Hall–Kier alpha value is -2.95. The lowest BCUT2D eigenvalue weighted by molar-refractivity contribution is 0.103. The van der Waals surface area contributed by atoms with Gasteiger partial charge in [-0.25, -0.2) is 9.97 Å². The molecule has 4 rings (SSSR count). The first kappa shape index (κ1) is 17.5. The number of carbonyl (C=O) groups excluding carboxylic acids is 1. The summed E-state index contributed by atoms with van der Waals surface area (Å²) in [6.45, 7) is 0. The predicted octanol–water partition coefficient (Wildman–Crippen LogP) is 5.91. The molecule has 0 atom stereocenters. The fourth-order valence-electron chi connectivity index (χ4n) is 2.74. The Kier molecular flexibility index (Phi) is 4.75. The van der Waals surface area contributed by atoms with Crippen LogP contribution in [0.1, 0.15) is 15.9 Å². The number of aromatic nitrogens is 2. The Balaban J connectivity index is 1.59. The highest BCUT2D eigenvalue weighted by Crippen LogP contribution is 2.26. The lowest BCUT2D eigenvalue weighted by Gasteiger charge is -2.09. The highest BCUT2D eigenvalue weighted by molar-refractivity contribution is 6.31. The van der Waals surface area contributed by atoms with Gasteiger partial charge < -0.3 is 5.32 Å². The van der Waals surface area contributed by atoms with E-state index in [0.29, 0.717) is 27.0 Å². The summed E-state index contributed by atoms with van der Waals surface area (Å²) in [6.07, 6.45) is 1.50.